The number of amides is 1. The minimum absolute atomic E-state index is 0.0722. The maximum Gasteiger partial charge on any atom is 0.311 e. The van der Waals surface area contributed by atoms with Crippen LogP contribution in [0.5, 0.6) is 0 Å². The molecule has 2 aromatic carbocycles. The van der Waals surface area contributed by atoms with E-state index in [-0.39, 0.29) is 17.4 Å². The van der Waals surface area contributed by atoms with Crippen molar-refractivity contribution in [2.75, 3.05) is 5.32 Å². The van der Waals surface area contributed by atoms with Gasteiger partial charge in [-0.1, -0.05) is 12.1 Å². The Bertz CT molecular complexity index is 957. The van der Waals surface area contributed by atoms with Crippen LogP contribution in [0.4, 0.5) is 10.1 Å². The maximum atomic E-state index is 12.9. The van der Waals surface area contributed by atoms with Crippen molar-refractivity contribution in [3.05, 3.63) is 59.9 Å². The number of carbonyl (C=O) groups is 2. The normalized spacial score (nSPS) is 12.4. The van der Waals surface area contributed by atoms with Crippen molar-refractivity contribution in [1.82, 2.24) is 4.72 Å². The first-order chi connectivity index (χ1) is 13.6. The first-order valence-corrected chi connectivity index (χ1v) is 10.4. The van der Waals surface area contributed by atoms with Crippen molar-refractivity contribution in [3.8, 4) is 0 Å². The predicted molar refractivity (Wildman–Crippen MR) is 106 cm³/mol. The SMILES string of the molecule is CC(C)NS(=O)(=O)c1ccc(NC(=O)[C@H](C)OC(=O)Cc2ccc(F)cc2)cc1. The second-order valence-corrected chi connectivity index (χ2v) is 8.44. The van der Waals surface area contributed by atoms with E-state index in [0.29, 0.717) is 11.3 Å². The highest BCUT2D eigenvalue weighted by Crippen LogP contribution is 2.15. The number of anilines is 1. The first kappa shape index (κ1) is 22.5. The van der Waals surface area contributed by atoms with E-state index < -0.39 is 33.8 Å². The van der Waals surface area contributed by atoms with E-state index >= 15 is 0 Å². The average Bonchev–Trinajstić information content (AvgIpc) is 2.63. The molecule has 9 heteroatoms. The van der Waals surface area contributed by atoms with Crippen molar-refractivity contribution in [1.29, 1.82) is 0 Å². The van der Waals surface area contributed by atoms with Crippen molar-refractivity contribution in [2.24, 2.45) is 0 Å². The summed E-state index contributed by atoms with van der Waals surface area (Å²) in [5.41, 5.74) is 0.927. The lowest BCUT2D eigenvalue weighted by molar-refractivity contribution is -0.152. The molecule has 0 aliphatic heterocycles. The summed E-state index contributed by atoms with van der Waals surface area (Å²) in [6.07, 6.45) is -1.15. The van der Waals surface area contributed by atoms with E-state index in [9.17, 15) is 22.4 Å². The molecule has 7 nitrogen and oxygen atoms in total. The molecule has 1 atom stereocenters. The van der Waals surface area contributed by atoms with Crippen LogP contribution in [0.15, 0.2) is 53.4 Å². The molecular weight excluding hydrogens is 399 g/mol. The lowest BCUT2D eigenvalue weighted by Crippen LogP contribution is -2.31. The van der Waals surface area contributed by atoms with Gasteiger partial charge in [-0.15, -0.1) is 0 Å². The molecule has 0 aromatic heterocycles. The highest BCUT2D eigenvalue weighted by Gasteiger charge is 2.19. The molecule has 0 fully saturated rings. The number of halogens is 1. The Kier molecular flexibility index (Phi) is 7.46. The quantitative estimate of drug-likeness (QED) is 0.637. The summed E-state index contributed by atoms with van der Waals surface area (Å²) < 4.78 is 44.6. The van der Waals surface area contributed by atoms with Gasteiger partial charge in [0.1, 0.15) is 5.82 Å². The van der Waals surface area contributed by atoms with Gasteiger partial charge in [-0.3, -0.25) is 9.59 Å². The lowest BCUT2D eigenvalue weighted by Gasteiger charge is -2.14. The van der Waals surface area contributed by atoms with Crippen LogP contribution in [0.1, 0.15) is 26.3 Å². The molecule has 29 heavy (non-hydrogen) atoms. The standard InChI is InChI=1S/C20H23FN2O5S/c1-13(2)23-29(26,27)18-10-8-17(9-11-18)22-20(25)14(3)28-19(24)12-15-4-6-16(21)7-5-15/h4-11,13-14,23H,12H2,1-3H3,(H,22,25)/t14-/m0/s1. The summed E-state index contributed by atoms with van der Waals surface area (Å²) >= 11 is 0. The van der Waals surface area contributed by atoms with E-state index in [1.807, 2.05) is 0 Å². The average molecular weight is 422 g/mol. The number of nitrogens with one attached hydrogen (secondary N) is 2. The highest BCUT2D eigenvalue weighted by molar-refractivity contribution is 7.89. The molecule has 0 aliphatic rings. The van der Waals surface area contributed by atoms with Crippen LogP contribution in [0.25, 0.3) is 0 Å². The van der Waals surface area contributed by atoms with E-state index in [0.717, 1.165) is 0 Å². The summed E-state index contributed by atoms with van der Waals surface area (Å²) in [6, 6.07) is 10.8. The van der Waals surface area contributed by atoms with Gasteiger partial charge in [0.05, 0.1) is 11.3 Å². The second kappa shape index (κ2) is 9.62. The van der Waals surface area contributed by atoms with Crippen LogP contribution in [0, 0.1) is 5.82 Å². The summed E-state index contributed by atoms with van der Waals surface area (Å²) in [5, 5.41) is 2.56. The first-order valence-electron chi connectivity index (χ1n) is 8.94. The number of rotatable bonds is 8. The number of hydrogen-bond donors (Lipinski definition) is 2. The molecule has 0 saturated carbocycles. The Morgan fingerprint density at radius 2 is 1.59 bits per heavy atom. The maximum absolute atomic E-state index is 12.9. The molecular formula is C20H23FN2O5S. The molecule has 156 valence electrons. The van der Waals surface area contributed by atoms with Gasteiger partial charge in [0.2, 0.25) is 10.0 Å². The zero-order chi connectivity index (χ0) is 21.6. The number of hydrogen-bond acceptors (Lipinski definition) is 5. The summed E-state index contributed by atoms with van der Waals surface area (Å²) in [7, 11) is -3.63. The fraction of sp³-hybridized carbons (Fsp3) is 0.300. The van der Waals surface area contributed by atoms with Crippen molar-refractivity contribution < 1.29 is 27.1 Å². The van der Waals surface area contributed by atoms with Crippen LogP contribution in [-0.2, 0) is 30.8 Å². The van der Waals surface area contributed by atoms with E-state index in [1.165, 1.54) is 55.5 Å². The third-order valence-corrected chi connectivity index (χ3v) is 5.44. The number of carbonyl (C=O) groups excluding carboxylic acids is 2. The van der Waals surface area contributed by atoms with Crippen molar-refractivity contribution >= 4 is 27.6 Å². The summed E-state index contributed by atoms with van der Waals surface area (Å²) in [4.78, 5) is 24.2. The Balaban J connectivity index is 1.91. The Labute approximate surface area is 169 Å². The molecule has 0 saturated heterocycles. The topological polar surface area (TPSA) is 102 Å². The van der Waals surface area contributed by atoms with Gasteiger partial charge in [0, 0.05) is 11.7 Å². The zero-order valence-corrected chi connectivity index (χ0v) is 17.1. The van der Waals surface area contributed by atoms with Gasteiger partial charge in [0.15, 0.2) is 6.10 Å². The van der Waals surface area contributed by atoms with E-state index in [1.54, 1.807) is 13.8 Å². The van der Waals surface area contributed by atoms with Gasteiger partial charge in [-0.05, 0) is 62.7 Å². The summed E-state index contributed by atoms with van der Waals surface area (Å²) in [6.45, 7) is 4.85. The monoisotopic (exact) mass is 422 g/mol. The molecule has 0 unspecified atom stereocenters. The van der Waals surface area contributed by atoms with Gasteiger partial charge in [-0.25, -0.2) is 17.5 Å². The number of esters is 1. The van der Waals surface area contributed by atoms with E-state index in [4.69, 9.17) is 4.74 Å². The van der Waals surface area contributed by atoms with Crippen LogP contribution in [0.2, 0.25) is 0 Å². The Morgan fingerprint density at radius 1 is 1.00 bits per heavy atom. The molecule has 0 radical (unpaired) electrons. The van der Waals surface area contributed by atoms with Gasteiger partial charge < -0.3 is 10.1 Å². The molecule has 0 heterocycles. The fourth-order valence-corrected chi connectivity index (χ4v) is 3.65. The largest absolute Gasteiger partial charge is 0.452 e. The van der Waals surface area contributed by atoms with Crippen LogP contribution in [-0.4, -0.2) is 32.4 Å². The van der Waals surface area contributed by atoms with Gasteiger partial charge in [0.25, 0.3) is 5.91 Å². The molecule has 2 rings (SSSR count). The van der Waals surface area contributed by atoms with Crippen LogP contribution in [0.3, 0.4) is 0 Å². The molecule has 2 N–H and O–H groups in total. The van der Waals surface area contributed by atoms with Gasteiger partial charge in [-0.2, -0.15) is 0 Å². The molecule has 0 aliphatic carbocycles. The predicted octanol–water partition coefficient (Wildman–Crippen LogP) is 2.63. The summed E-state index contributed by atoms with van der Waals surface area (Å²) in [5.74, 6) is -1.59. The minimum Gasteiger partial charge on any atom is -0.452 e. The third-order valence-electron chi connectivity index (χ3n) is 3.76. The third kappa shape index (κ3) is 6.95. The highest BCUT2D eigenvalue weighted by atomic mass is 32.2. The smallest absolute Gasteiger partial charge is 0.311 e. The molecule has 0 bridgehead atoms. The zero-order valence-electron chi connectivity index (χ0n) is 16.3. The van der Waals surface area contributed by atoms with Gasteiger partial charge >= 0.3 is 5.97 Å². The number of sulfonamides is 1. The fourth-order valence-electron chi connectivity index (χ4n) is 2.40. The van der Waals surface area contributed by atoms with Crippen LogP contribution < -0.4 is 10.0 Å². The Morgan fingerprint density at radius 3 is 2.14 bits per heavy atom. The second-order valence-electron chi connectivity index (χ2n) is 6.72. The van der Waals surface area contributed by atoms with Crippen molar-refractivity contribution in [3.63, 3.8) is 0 Å². The van der Waals surface area contributed by atoms with Crippen molar-refractivity contribution in [2.45, 2.75) is 44.2 Å². The molecule has 2 aromatic rings. The Hall–Kier alpha value is -2.78. The molecule has 0 spiro atoms. The van der Waals surface area contributed by atoms with E-state index in [2.05, 4.69) is 10.0 Å². The lowest BCUT2D eigenvalue weighted by atomic mass is 10.1. The molecule has 1 amide bonds. The number of benzene rings is 2. The van der Waals surface area contributed by atoms with Crippen LogP contribution >= 0.6 is 0 Å². The minimum atomic E-state index is -3.63. The number of ether oxygens (including phenoxy) is 1.